The van der Waals surface area contributed by atoms with Crippen LogP contribution >= 0.6 is 12.4 Å². The molecule has 0 aliphatic carbocycles. The summed E-state index contributed by atoms with van der Waals surface area (Å²) in [4.78, 5) is 1.71. The second-order valence-electron chi connectivity index (χ2n) is 4.52. The second kappa shape index (κ2) is 7.02. The zero-order chi connectivity index (χ0) is 11.4. The standard InChI is InChI=1S/C12H18BNO2.ClH/c15-13(16)14-8-6-12(7-9-14)10-11-4-2-1-3-5-11;/h1-5,12,15-16H,6-10H2;1H. The summed E-state index contributed by atoms with van der Waals surface area (Å²) in [6, 6.07) is 10.5. The fourth-order valence-corrected chi connectivity index (χ4v) is 2.34. The van der Waals surface area contributed by atoms with Gasteiger partial charge < -0.3 is 10.0 Å². The monoisotopic (exact) mass is 255 g/mol. The highest BCUT2D eigenvalue weighted by molar-refractivity contribution is 6.37. The van der Waals surface area contributed by atoms with Crippen molar-refractivity contribution >= 4 is 19.7 Å². The van der Waals surface area contributed by atoms with Crippen LogP contribution in [0.2, 0.25) is 0 Å². The van der Waals surface area contributed by atoms with Gasteiger partial charge in [0.2, 0.25) is 0 Å². The minimum Gasteiger partial charge on any atom is -0.413 e. The molecule has 0 spiro atoms. The Balaban J connectivity index is 0.00000144. The first-order chi connectivity index (χ1) is 7.75. The molecule has 1 aromatic carbocycles. The number of nitrogens with zero attached hydrogens (tertiary/aromatic N) is 1. The molecular formula is C12H19BClNO2. The number of piperidine rings is 1. The molecule has 1 heterocycles. The van der Waals surface area contributed by atoms with Crippen LogP contribution in [0.15, 0.2) is 30.3 Å². The Hall–Kier alpha value is -0.545. The highest BCUT2D eigenvalue weighted by Gasteiger charge is 2.26. The Labute approximate surface area is 109 Å². The molecule has 17 heavy (non-hydrogen) atoms. The smallest absolute Gasteiger partial charge is 0.413 e. The third kappa shape index (κ3) is 4.32. The Kier molecular flexibility index (Phi) is 5.99. The number of hydrogen-bond donors (Lipinski definition) is 2. The molecule has 3 nitrogen and oxygen atoms in total. The van der Waals surface area contributed by atoms with E-state index in [-0.39, 0.29) is 12.4 Å². The first-order valence-corrected chi connectivity index (χ1v) is 5.90. The molecule has 1 saturated heterocycles. The van der Waals surface area contributed by atoms with Gasteiger partial charge in [0, 0.05) is 0 Å². The van der Waals surface area contributed by atoms with Crippen molar-refractivity contribution in [3.05, 3.63) is 35.9 Å². The normalized spacial score (nSPS) is 17.5. The third-order valence-corrected chi connectivity index (χ3v) is 3.34. The fourth-order valence-electron chi connectivity index (χ4n) is 2.34. The van der Waals surface area contributed by atoms with Crippen molar-refractivity contribution in [1.29, 1.82) is 0 Å². The average molecular weight is 256 g/mol. The van der Waals surface area contributed by atoms with Gasteiger partial charge in [0.25, 0.3) is 0 Å². The Bertz CT molecular complexity index is 316. The first kappa shape index (κ1) is 14.5. The minimum absolute atomic E-state index is 0. The van der Waals surface area contributed by atoms with Crippen molar-refractivity contribution in [3.8, 4) is 0 Å². The van der Waals surface area contributed by atoms with Gasteiger partial charge in [-0.05, 0) is 43.8 Å². The molecule has 0 unspecified atom stereocenters. The van der Waals surface area contributed by atoms with E-state index in [2.05, 4.69) is 24.3 Å². The largest absolute Gasteiger partial charge is 0.552 e. The van der Waals surface area contributed by atoms with E-state index in [0.717, 1.165) is 32.4 Å². The first-order valence-electron chi connectivity index (χ1n) is 5.90. The van der Waals surface area contributed by atoms with Crippen LogP contribution in [0.1, 0.15) is 18.4 Å². The van der Waals surface area contributed by atoms with Crippen LogP contribution in [0.4, 0.5) is 0 Å². The zero-order valence-corrected chi connectivity index (χ0v) is 10.6. The van der Waals surface area contributed by atoms with E-state index in [9.17, 15) is 0 Å². The lowest BCUT2D eigenvalue weighted by molar-refractivity contribution is 0.206. The van der Waals surface area contributed by atoms with Crippen molar-refractivity contribution in [2.75, 3.05) is 13.1 Å². The molecule has 0 bridgehead atoms. The van der Waals surface area contributed by atoms with E-state index in [1.165, 1.54) is 5.56 Å². The van der Waals surface area contributed by atoms with Gasteiger partial charge in [-0.25, -0.2) is 0 Å². The van der Waals surface area contributed by atoms with Gasteiger partial charge >= 0.3 is 7.25 Å². The number of halogens is 1. The Morgan fingerprint density at radius 1 is 1.12 bits per heavy atom. The van der Waals surface area contributed by atoms with Crippen molar-refractivity contribution in [2.24, 2.45) is 5.92 Å². The van der Waals surface area contributed by atoms with Crippen LogP contribution in [0.5, 0.6) is 0 Å². The third-order valence-electron chi connectivity index (χ3n) is 3.34. The van der Waals surface area contributed by atoms with Crippen LogP contribution < -0.4 is 0 Å². The second-order valence-corrected chi connectivity index (χ2v) is 4.52. The van der Waals surface area contributed by atoms with E-state index in [1.807, 2.05) is 6.07 Å². The molecule has 0 radical (unpaired) electrons. The molecule has 1 fully saturated rings. The van der Waals surface area contributed by atoms with Gasteiger partial charge in [-0.1, -0.05) is 30.3 Å². The summed E-state index contributed by atoms with van der Waals surface area (Å²) < 4.78 is 0. The predicted molar refractivity (Wildman–Crippen MR) is 71.9 cm³/mol. The molecule has 2 N–H and O–H groups in total. The van der Waals surface area contributed by atoms with Gasteiger partial charge in [-0.2, -0.15) is 0 Å². The Morgan fingerprint density at radius 3 is 2.24 bits per heavy atom. The predicted octanol–water partition coefficient (Wildman–Crippen LogP) is 1.33. The summed E-state index contributed by atoms with van der Waals surface area (Å²) in [6.07, 6.45) is 3.20. The minimum atomic E-state index is -1.28. The number of rotatable bonds is 3. The van der Waals surface area contributed by atoms with Gasteiger partial charge in [-0.3, -0.25) is 4.81 Å². The molecule has 0 aromatic heterocycles. The summed E-state index contributed by atoms with van der Waals surface area (Å²) in [5.74, 6) is 0.678. The molecule has 94 valence electrons. The maximum Gasteiger partial charge on any atom is 0.552 e. The van der Waals surface area contributed by atoms with Crippen molar-refractivity contribution in [1.82, 2.24) is 4.81 Å². The molecule has 2 rings (SSSR count). The summed E-state index contributed by atoms with van der Waals surface area (Å²) in [5, 5.41) is 18.1. The molecule has 0 atom stereocenters. The quantitative estimate of drug-likeness (QED) is 0.801. The number of benzene rings is 1. The number of hydrogen-bond acceptors (Lipinski definition) is 3. The Morgan fingerprint density at radius 2 is 1.71 bits per heavy atom. The average Bonchev–Trinajstić information content (AvgIpc) is 2.31. The van der Waals surface area contributed by atoms with Crippen molar-refractivity contribution in [2.45, 2.75) is 19.3 Å². The summed E-state index contributed by atoms with van der Waals surface area (Å²) in [6.45, 7) is 1.57. The maximum absolute atomic E-state index is 9.03. The molecule has 0 amide bonds. The lowest BCUT2D eigenvalue weighted by Crippen LogP contribution is -2.45. The molecule has 1 aliphatic heterocycles. The molecule has 1 aromatic rings. The van der Waals surface area contributed by atoms with Gasteiger partial charge in [0.1, 0.15) is 0 Å². The van der Waals surface area contributed by atoms with E-state index >= 15 is 0 Å². The topological polar surface area (TPSA) is 43.7 Å². The van der Waals surface area contributed by atoms with Crippen LogP contribution in [0.25, 0.3) is 0 Å². The summed E-state index contributed by atoms with van der Waals surface area (Å²) in [7, 11) is -1.28. The van der Waals surface area contributed by atoms with Gasteiger partial charge in [0.15, 0.2) is 0 Å². The summed E-state index contributed by atoms with van der Waals surface area (Å²) >= 11 is 0. The van der Waals surface area contributed by atoms with Crippen LogP contribution in [-0.4, -0.2) is 35.2 Å². The van der Waals surface area contributed by atoms with Gasteiger partial charge in [-0.15, -0.1) is 12.4 Å². The van der Waals surface area contributed by atoms with E-state index in [4.69, 9.17) is 10.0 Å². The molecule has 0 saturated carbocycles. The highest BCUT2D eigenvalue weighted by atomic mass is 35.5. The van der Waals surface area contributed by atoms with Crippen LogP contribution in [0, 0.1) is 5.92 Å². The fraction of sp³-hybridized carbons (Fsp3) is 0.500. The molecule has 5 heteroatoms. The molecular weight excluding hydrogens is 236 g/mol. The van der Waals surface area contributed by atoms with E-state index in [1.54, 1.807) is 4.81 Å². The highest BCUT2D eigenvalue weighted by Crippen LogP contribution is 2.21. The van der Waals surface area contributed by atoms with Crippen molar-refractivity contribution < 1.29 is 10.0 Å². The maximum atomic E-state index is 9.03. The lowest BCUT2D eigenvalue weighted by atomic mass is 9.87. The lowest BCUT2D eigenvalue weighted by Gasteiger charge is -2.31. The van der Waals surface area contributed by atoms with Crippen molar-refractivity contribution in [3.63, 3.8) is 0 Å². The summed E-state index contributed by atoms with van der Waals surface area (Å²) in [5.41, 5.74) is 1.38. The van der Waals surface area contributed by atoms with E-state index in [0.29, 0.717) is 5.92 Å². The zero-order valence-electron chi connectivity index (χ0n) is 9.83. The SMILES string of the molecule is Cl.OB(O)N1CCC(Cc2ccccc2)CC1. The molecule has 1 aliphatic rings. The van der Waals surface area contributed by atoms with Crippen LogP contribution in [-0.2, 0) is 6.42 Å². The van der Waals surface area contributed by atoms with Gasteiger partial charge in [0.05, 0.1) is 0 Å². The van der Waals surface area contributed by atoms with E-state index < -0.39 is 7.25 Å². The van der Waals surface area contributed by atoms with Crippen LogP contribution in [0.3, 0.4) is 0 Å².